The van der Waals surface area contributed by atoms with E-state index in [1.807, 2.05) is 12.1 Å². The number of furan rings is 1. The van der Waals surface area contributed by atoms with E-state index in [0.717, 1.165) is 24.5 Å². The Hall–Kier alpha value is -0.800. The summed E-state index contributed by atoms with van der Waals surface area (Å²) in [5.74, 6) is 1.68. The van der Waals surface area contributed by atoms with Crippen LogP contribution >= 0.6 is 0 Å². The Morgan fingerprint density at radius 3 is 2.71 bits per heavy atom. The Balaban J connectivity index is 2.12. The molecule has 1 aromatic heterocycles. The van der Waals surface area contributed by atoms with Crippen LogP contribution in [0.3, 0.4) is 0 Å². The first-order valence-electron chi connectivity index (χ1n) is 5.22. The molecule has 14 heavy (non-hydrogen) atoms. The van der Waals surface area contributed by atoms with Crippen molar-refractivity contribution in [1.82, 2.24) is 0 Å². The van der Waals surface area contributed by atoms with Crippen LogP contribution in [-0.2, 0) is 17.9 Å². The lowest BCUT2D eigenvalue weighted by atomic mass is 10.3. The largest absolute Gasteiger partial charge is 0.462 e. The van der Waals surface area contributed by atoms with Gasteiger partial charge < -0.3 is 14.9 Å². The molecule has 0 fully saturated rings. The lowest BCUT2D eigenvalue weighted by Crippen LogP contribution is -1.95. The molecular weight excluding hydrogens is 178 g/mol. The molecule has 2 N–H and O–H groups in total. The van der Waals surface area contributed by atoms with Crippen LogP contribution in [0.1, 0.15) is 37.7 Å². The SMILES string of the molecule is CCCCCOCc1ccc(CN)o1. The highest BCUT2D eigenvalue weighted by Gasteiger charge is 1.99. The Morgan fingerprint density at radius 2 is 2.07 bits per heavy atom. The van der Waals surface area contributed by atoms with Crippen LogP contribution in [0.15, 0.2) is 16.5 Å². The van der Waals surface area contributed by atoms with Crippen molar-refractivity contribution in [2.45, 2.75) is 39.3 Å². The molecule has 0 unspecified atom stereocenters. The van der Waals surface area contributed by atoms with Crippen LogP contribution in [0, 0.1) is 0 Å². The molecule has 0 spiro atoms. The minimum absolute atomic E-state index is 0.454. The van der Waals surface area contributed by atoms with Crippen molar-refractivity contribution in [3.8, 4) is 0 Å². The van der Waals surface area contributed by atoms with Crippen molar-refractivity contribution in [3.63, 3.8) is 0 Å². The topological polar surface area (TPSA) is 48.4 Å². The van der Waals surface area contributed by atoms with E-state index in [-0.39, 0.29) is 0 Å². The molecule has 0 saturated heterocycles. The van der Waals surface area contributed by atoms with E-state index in [1.54, 1.807) is 0 Å². The second-order valence-corrected chi connectivity index (χ2v) is 3.33. The van der Waals surface area contributed by atoms with Gasteiger partial charge >= 0.3 is 0 Å². The summed E-state index contributed by atoms with van der Waals surface area (Å²) >= 11 is 0. The molecule has 0 aliphatic carbocycles. The van der Waals surface area contributed by atoms with Gasteiger partial charge in [-0.2, -0.15) is 0 Å². The van der Waals surface area contributed by atoms with E-state index in [1.165, 1.54) is 12.8 Å². The average Bonchev–Trinajstić information content (AvgIpc) is 2.65. The molecule has 3 heteroatoms. The second kappa shape index (κ2) is 6.62. The van der Waals surface area contributed by atoms with Crippen LogP contribution in [0.2, 0.25) is 0 Å². The third kappa shape index (κ3) is 3.94. The van der Waals surface area contributed by atoms with Gasteiger partial charge in [-0.15, -0.1) is 0 Å². The smallest absolute Gasteiger partial charge is 0.129 e. The summed E-state index contributed by atoms with van der Waals surface area (Å²) in [4.78, 5) is 0. The summed E-state index contributed by atoms with van der Waals surface area (Å²) in [6.07, 6.45) is 3.58. The number of ether oxygens (including phenoxy) is 1. The maximum absolute atomic E-state index is 5.45. The van der Waals surface area contributed by atoms with Crippen LogP contribution in [0.5, 0.6) is 0 Å². The molecule has 0 aliphatic rings. The first-order chi connectivity index (χ1) is 6.86. The minimum Gasteiger partial charge on any atom is -0.462 e. The Bertz CT molecular complexity index is 245. The number of unbranched alkanes of at least 4 members (excludes halogenated alkanes) is 2. The van der Waals surface area contributed by atoms with Gasteiger partial charge in [0.1, 0.15) is 18.1 Å². The summed E-state index contributed by atoms with van der Waals surface area (Å²) in [5.41, 5.74) is 5.42. The highest BCUT2D eigenvalue weighted by Crippen LogP contribution is 2.08. The van der Waals surface area contributed by atoms with Gasteiger partial charge in [0.2, 0.25) is 0 Å². The summed E-state index contributed by atoms with van der Waals surface area (Å²) in [7, 11) is 0. The Kier molecular flexibility index (Phi) is 5.33. The van der Waals surface area contributed by atoms with Crippen LogP contribution in [0.25, 0.3) is 0 Å². The van der Waals surface area contributed by atoms with Crippen molar-refractivity contribution >= 4 is 0 Å². The molecule has 0 amide bonds. The molecule has 1 rings (SSSR count). The van der Waals surface area contributed by atoms with Gasteiger partial charge in [-0.3, -0.25) is 0 Å². The summed E-state index contributed by atoms with van der Waals surface area (Å²) < 4.78 is 10.8. The van der Waals surface area contributed by atoms with E-state index in [0.29, 0.717) is 13.2 Å². The maximum Gasteiger partial charge on any atom is 0.129 e. The van der Waals surface area contributed by atoms with Gasteiger partial charge in [0.25, 0.3) is 0 Å². The molecule has 0 aromatic carbocycles. The molecule has 0 radical (unpaired) electrons. The molecule has 0 saturated carbocycles. The van der Waals surface area contributed by atoms with Crippen molar-refractivity contribution < 1.29 is 9.15 Å². The van der Waals surface area contributed by atoms with E-state index in [9.17, 15) is 0 Å². The summed E-state index contributed by atoms with van der Waals surface area (Å²) in [6.45, 7) is 4.01. The van der Waals surface area contributed by atoms with E-state index in [4.69, 9.17) is 14.9 Å². The van der Waals surface area contributed by atoms with Crippen molar-refractivity contribution in [3.05, 3.63) is 23.7 Å². The van der Waals surface area contributed by atoms with Crippen LogP contribution < -0.4 is 5.73 Å². The highest BCUT2D eigenvalue weighted by atomic mass is 16.5. The van der Waals surface area contributed by atoms with Crippen molar-refractivity contribution in [1.29, 1.82) is 0 Å². The zero-order valence-corrected chi connectivity index (χ0v) is 8.79. The van der Waals surface area contributed by atoms with Gasteiger partial charge in [0.05, 0.1) is 6.54 Å². The first-order valence-corrected chi connectivity index (χ1v) is 5.22. The third-order valence-electron chi connectivity index (χ3n) is 2.06. The molecule has 0 atom stereocenters. The zero-order valence-electron chi connectivity index (χ0n) is 8.79. The zero-order chi connectivity index (χ0) is 10.2. The number of rotatable bonds is 7. The molecule has 3 nitrogen and oxygen atoms in total. The quantitative estimate of drug-likeness (QED) is 0.683. The van der Waals surface area contributed by atoms with Gasteiger partial charge in [-0.25, -0.2) is 0 Å². The van der Waals surface area contributed by atoms with Gasteiger partial charge in [-0.1, -0.05) is 19.8 Å². The molecule has 80 valence electrons. The average molecular weight is 197 g/mol. The first kappa shape index (κ1) is 11.3. The number of hydrogen-bond acceptors (Lipinski definition) is 3. The van der Waals surface area contributed by atoms with Crippen molar-refractivity contribution in [2.75, 3.05) is 6.61 Å². The fourth-order valence-corrected chi connectivity index (χ4v) is 1.24. The van der Waals surface area contributed by atoms with Gasteiger partial charge in [0.15, 0.2) is 0 Å². The fraction of sp³-hybridized carbons (Fsp3) is 0.636. The van der Waals surface area contributed by atoms with Crippen LogP contribution in [-0.4, -0.2) is 6.61 Å². The monoisotopic (exact) mass is 197 g/mol. The second-order valence-electron chi connectivity index (χ2n) is 3.33. The van der Waals surface area contributed by atoms with Crippen molar-refractivity contribution in [2.24, 2.45) is 5.73 Å². The third-order valence-corrected chi connectivity index (χ3v) is 2.06. The van der Waals surface area contributed by atoms with Crippen LogP contribution in [0.4, 0.5) is 0 Å². The molecule has 0 aliphatic heterocycles. The standard InChI is InChI=1S/C11H19NO2/c1-2-3-4-7-13-9-11-6-5-10(8-12)14-11/h5-6H,2-4,7-9,12H2,1H3. The fourth-order valence-electron chi connectivity index (χ4n) is 1.24. The van der Waals surface area contributed by atoms with Gasteiger partial charge in [-0.05, 0) is 18.6 Å². The predicted octanol–water partition coefficient (Wildman–Crippen LogP) is 2.45. The lowest BCUT2D eigenvalue weighted by Gasteiger charge is -2.00. The molecule has 1 aromatic rings. The normalized spacial score (nSPS) is 10.7. The van der Waals surface area contributed by atoms with Gasteiger partial charge in [0, 0.05) is 6.61 Å². The van der Waals surface area contributed by atoms with E-state index < -0.39 is 0 Å². The lowest BCUT2D eigenvalue weighted by molar-refractivity contribution is 0.102. The van der Waals surface area contributed by atoms with E-state index in [2.05, 4.69) is 6.92 Å². The van der Waals surface area contributed by atoms with E-state index >= 15 is 0 Å². The highest BCUT2D eigenvalue weighted by molar-refractivity contribution is 5.05. The molecule has 1 heterocycles. The molecular formula is C11H19NO2. The summed E-state index contributed by atoms with van der Waals surface area (Å²) in [6, 6.07) is 3.81. The number of nitrogens with two attached hydrogens (primary N) is 1. The Morgan fingerprint density at radius 1 is 1.29 bits per heavy atom. The summed E-state index contributed by atoms with van der Waals surface area (Å²) in [5, 5.41) is 0. The minimum atomic E-state index is 0.454. The predicted molar refractivity (Wildman–Crippen MR) is 55.8 cm³/mol. The maximum atomic E-state index is 5.45. The number of hydrogen-bond donors (Lipinski definition) is 1. The Labute approximate surface area is 85.2 Å². The molecule has 0 bridgehead atoms.